The van der Waals surface area contributed by atoms with Crippen LogP contribution in [0.3, 0.4) is 0 Å². The van der Waals surface area contributed by atoms with Gasteiger partial charge in [-0.1, -0.05) is 20.8 Å². The lowest BCUT2D eigenvalue weighted by Crippen LogP contribution is -2.54. The molecule has 130 valence electrons. The largest absolute Gasteiger partial charge is 0.444 e. The van der Waals surface area contributed by atoms with Gasteiger partial charge in [-0.3, -0.25) is 4.90 Å². The Balaban J connectivity index is 2.89. The molecule has 6 heteroatoms. The van der Waals surface area contributed by atoms with Gasteiger partial charge in [0, 0.05) is 13.1 Å². The molecular formula is C16H34N2O3Si. The first kappa shape index (κ1) is 19.5. The van der Waals surface area contributed by atoms with Crippen LogP contribution in [0.2, 0.25) is 18.1 Å². The Hall–Kier alpha value is -0.593. The maximum atomic E-state index is 12.5. The maximum absolute atomic E-state index is 12.5. The highest BCUT2D eigenvalue weighted by Crippen LogP contribution is 2.37. The molecule has 0 aromatic rings. The molecule has 0 aromatic carbocycles. The van der Waals surface area contributed by atoms with Crippen molar-refractivity contribution in [2.45, 2.75) is 77.9 Å². The number of hydrogen-bond acceptors (Lipinski definition) is 4. The van der Waals surface area contributed by atoms with Crippen LogP contribution in [0.25, 0.3) is 0 Å². The first-order chi connectivity index (χ1) is 9.83. The Morgan fingerprint density at radius 3 is 2.27 bits per heavy atom. The molecule has 0 saturated carbocycles. The van der Waals surface area contributed by atoms with Gasteiger partial charge >= 0.3 is 6.09 Å². The third-order valence-electron chi connectivity index (χ3n) is 4.28. The van der Waals surface area contributed by atoms with Crippen molar-refractivity contribution < 1.29 is 14.0 Å². The summed E-state index contributed by atoms with van der Waals surface area (Å²) in [6.45, 7) is 19.0. The van der Waals surface area contributed by atoms with Crippen molar-refractivity contribution in [1.29, 1.82) is 0 Å². The Morgan fingerprint density at radius 1 is 1.18 bits per heavy atom. The van der Waals surface area contributed by atoms with Crippen molar-refractivity contribution in [3.05, 3.63) is 0 Å². The van der Waals surface area contributed by atoms with E-state index in [2.05, 4.69) is 39.2 Å². The number of amides is 1. The van der Waals surface area contributed by atoms with E-state index in [9.17, 15) is 4.79 Å². The molecule has 0 aromatic heterocycles. The number of nitrogens with one attached hydrogen (secondary N) is 1. The number of ether oxygens (including phenoxy) is 1. The number of carbonyl (C=O) groups excluding carboxylic acids is 1. The third kappa shape index (κ3) is 5.55. The lowest BCUT2D eigenvalue weighted by molar-refractivity contribution is -0.0201. The zero-order valence-corrected chi connectivity index (χ0v) is 16.6. The van der Waals surface area contributed by atoms with Crippen LogP contribution in [0.4, 0.5) is 4.79 Å². The summed E-state index contributed by atoms with van der Waals surface area (Å²) in [7, 11) is -1.95. The van der Waals surface area contributed by atoms with E-state index in [-0.39, 0.29) is 17.4 Å². The number of hydrogen-bond donors (Lipinski definition) is 1. The molecule has 1 amide bonds. The molecule has 1 fully saturated rings. The van der Waals surface area contributed by atoms with Gasteiger partial charge in [0.15, 0.2) is 8.32 Å². The molecule has 0 radical (unpaired) electrons. The summed E-state index contributed by atoms with van der Waals surface area (Å²) in [4.78, 5) is 14.3. The van der Waals surface area contributed by atoms with Crippen molar-refractivity contribution in [3.63, 3.8) is 0 Å². The van der Waals surface area contributed by atoms with E-state index in [0.717, 1.165) is 13.0 Å². The first-order valence-corrected chi connectivity index (χ1v) is 11.1. The molecule has 1 rings (SSSR count). The molecule has 1 atom stereocenters. The summed E-state index contributed by atoms with van der Waals surface area (Å²) in [5, 5.41) is 3.48. The fraction of sp³-hybridized carbons (Fsp3) is 0.938. The summed E-state index contributed by atoms with van der Waals surface area (Å²) in [6.07, 6.45) is 0.384. The molecule has 0 aliphatic carbocycles. The van der Waals surface area contributed by atoms with Crippen LogP contribution < -0.4 is 5.32 Å². The van der Waals surface area contributed by atoms with Crippen LogP contribution in [0.5, 0.6) is 0 Å². The van der Waals surface area contributed by atoms with Gasteiger partial charge in [0.25, 0.3) is 0 Å². The Kier molecular flexibility index (Phi) is 6.09. The van der Waals surface area contributed by atoms with Crippen LogP contribution in [0.15, 0.2) is 0 Å². The average Bonchev–Trinajstić information content (AvgIpc) is 2.50. The highest BCUT2D eigenvalue weighted by molar-refractivity contribution is 6.74. The van der Waals surface area contributed by atoms with E-state index in [0.29, 0.717) is 13.1 Å². The van der Waals surface area contributed by atoms with Gasteiger partial charge in [-0.25, -0.2) is 4.79 Å². The SMILES string of the molecule is CC(C)(C)OC(=O)N1CCCNCC1O[Si](C)(C)C(C)(C)C. The van der Waals surface area contributed by atoms with Crippen LogP contribution in [0.1, 0.15) is 48.0 Å². The number of rotatable bonds is 2. The molecule has 0 spiro atoms. The topological polar surface area (TPSA) is 50.8 Å². The summed E-state index contributed by atoms with van der Waals surface area (Å²) >= 11 is 0. The minimum atomic E-state index is -1.95. The molecule has 1 saturated heterocycles. The molecular weight excluding hydrogens is 296 g/mol. The standard InChI is InChI=1S/C16H34N2O3Si/c1-15(2,3)20-14(19)18-11-9-10-17-12-13(18)21-22(7,8)16(4,5)6/h13,17H,9-12H2,1-8H3. The van der Waals surface area contributed by atoms with Gasteiger partial charge in [0.2, 0.25) is 0 Å². The summed E-state index contributed by atoms with van der Waals surface area (Å²) in [6, 6.07) is 0. The van der Waals surface area contributed by atoms with E-state index in [1.807, 2.05) is 20.8 Å². The summed E-state index contributed by atoms with van der Waals surface area (Å²) < 4.78 is 12.0. The predicted molar refractivity (Wildman–Crippen MR) is 92.5 cm³/mol. The van der Waals surface area contributed by atoms with Crippen LogP contribution in [-0.4, -0.2) is 50.8 Å². The molecule has 22 heavy (non-hydrogen) atoms. The molecule has 5 nitrogen and oxygen atoms in total. The molecule has 0 bridgehead atoms. The number of nitrogens with zero attached hydrogens (tertiary/aromatic N) is 1. The Labute approximate surface area is 136 Å². The average molecular weight is 331 g/mol. The van der Waals surface area contributed by atoms with Crippen molar-refractivity contribution in [1.82, 2.24) is 10.2 Å². The third-order valence-corrected chi connectivity index (χ3v) is 8.76. The molecule has 1 aliphatic heterocycles. The van der Waals surface area contributed by atoms with Gasteiger partial charge in [-0.05, 0) is 51.9 Å². The predicted octanol–water partition coefficient (Wildman–Crippen LogP) is 3.56. The van der Waals surface area contributed by atoms with Crippen molar-refractivity contribution in [2.24, 2.45) is 0 Å². The maximum Gasteiger partial charge on any atom is 0.412 e. The molecule has 1 aliphatic rings. The minimum absolute atomic E-state index is 0.110. The second-order valence-corrected chi connectivity index (χ2v) is 13.3. The monoisotopic (exact) mass is 330 g/mol. The molecule has 1 unspecified atom stereocenters. The summed E-state index contributed by atoms with van der Waals surface area (Å²) in [5.74, 6) is 0. The zero-order valence-electron chi connectivity index (χ0n) is 15.6. The molecule has 1 N–H and O–H groups in total. The van der Waals surface area contributed by atoms with Gasteiger partial charge in [0.1, 0.15) is 11.8 Å². The van der Waals surface area contributed by atoms with E-state index in [1.54, 1.807) is 4.90 Å². The lowest BCUT2D eigenvalue weighted by Gasteiger charge is -2.42. The minimum Gasteiger partial charge on any atom is -0.444 e. The highest BCUT2D eigenvalue weighted by atomic mass is 28.4. The van der Waals surface area contributed by atoms with Gasteiger partial charge in [-0.15, -0.1) is 0 Å². The highest BCUT2D eigenvalue weighted by Gasteiger charge is 2.42. The van der Waals surface area contributed by atoms with Crippen molar-refractivity contribution in [3.8, 4) is 0 Å². The quantitative estimate of drug-likeness (QED) is 0.787. The normalized spacial score (nSPS) is 21.5. The second-order valence-electron chi connectivity index (χ2n) is 8.56. The van der Waals surface area contributed by atoms with Gasteiger partial charge in [-0.2, -0.15) is 0 Å². The van der Waals surface area contributed by atoms with Crippen molar-refractivity contribution >= 4 is 14.4 Å². The van der Waals surface area contributed by atoms with Gasteiger partial charge < -0.3 is 14.5 Å². The Morgan fingerprint density at radius 2 is 1.77 bits per heavy atom. The fourth-order valence-electron chi connectivity index (χ4n) is 2.01. The number of carbonyl (C=O) groups is 1. The van der Waals surface area contributed by atoms with E-state index in [4.69, 9.17) is 9.16 Å². The van der Waals surface area contributed by atoms with Crippen LogP contribution in [0, 0.1) is 0 Å². The van der Waals surface area contributed by atoms with Crippen molar-refractivity contribution in [2.75, 3.05) is 19.6 Å². The summed E-state index contributed by atoms with van der Waals surface area (Å²) in [5.41, 5.74) is -0.488. The molecule has 1 heterocycles. The van der Waals surface area contributed by atoms with E-state index < -0.39 is 13.9 Å². The Bertz CT molecular complexity index is 386. The smallest absolute Gasteiger partial charge is 0.412 e. The zero-order chi connectivity index (χ0) is 17.2. The van der Waals surface area contributed by atoms with E-state index >= 15 is 0 Å². The fourth-order valence-corrected chi connectivity index (χ4v) is 3.25. The van der Waals surface area contributed by atoms with E-state index in [1.165, 1.54) is 0 Å². The van der Waals surface area contributed by atoms with Crippen LogP contribution >= 0.6 is 0 Å². The van der Waals surface area contributed by atoms with Crippen LogP contribution in [-0.2, 0) is 9.16 Å². The van der Waals surface area contributed by atoms with Gasteiger partial charge in [0.05, 0.1) is 0 Å². The second kappa shape index (κ2) is 6.89. The lowest BCUT2D eigenvalue weighted by atomic mass is 10.2. The first-order valence-electron chi connectivity index (χ1n) is 8.22.